The molecule has 9 heteroatoms. The molecule has 34 heavy (non-hydrogen) atoms. The number of hydrogen-bond acceptors (Lipinski definition) is 5. The number of fused-ring (bicyclic) bond motifs is 1. The molecule has 1 aliphatic heterocycles. The van der Waals surface area contributed by atoms with Crippen molar-refractivity contribution in [2.45, 2.75) is 13.2 Å². The van der Waals surface area contributed by atoms with Gasteiger partial charge in [-0.1, -0.05) is 18.2 Å². The van der Waals surface area contributed by atoms with Gasteiger partial charge < -0.3 is 15.0 Å². The van der Waals surface area contributed by atoms with Crippen LogP contribution < -0.4 is 5.32 Å². The monoisotopic (exact) mass is 463 g/mol. The van der Waals surface area contributed by atoms with Crippen LogP contribution in [0.15, 0.2) is 54.6 Å². The van der Waals surface area contributed by atoms with Gasteiger partial charge >= 0.3 is 0 Å². The van der Waals surface area contributed by atoms with E-state index in [0.29, 0.717) is 59.1 Å². The number of imidazole rings is 1. The first-order valence-electron chi connectivity index (χ1n) is 11.0. The number of halogens is 2. The molecular formula is C25H23F2N5O2. The Morgan fingerprint density at radius 2 is 1.91 bits per heavy atom. The maximum absolute atomic E-state index is 13.8. The second kappa shape index (κ2) is 9.66. The number of rotatable bonds is 6. The molecule has 1 fully saturated rings. The molecule has 0 atom stereocenters. The summed E-state index contributed by atoms with van der Waals surface area (Å²) in [6, 6.07) is 14.5. The van der Waals surface area contributed by atoms with E-state index in [1.165, 1.54) is 18.2 Å². The number of carbonyl (C=O) groups excluding carboxylic acids is 1. The Morgan fingerprint density at radius 3 is 2.74 bits per heavy atom. The lowest BCUT2D eigenvalue weighted by molar-refractivity contribution is 0.0337. The molecule has 0 aliphatic carbocycles. The van der Waals surface area contributed by atoms with E-state index in [9.17, 15) is 13.6 Å². The number of morpholine rings is 1. The molecule has 2 N–H and O–H groups in total. The highest BCUT2D eigenvalue weighted by Gasteiger charge is 2.18. The number of alkyl halides is 1. The number of pyridine rings is 1. The molecule has 5 rings (SSSR count). The highest BCUT2D eigenvalue weighted by atomic mass is 19.1. The molecule has 0 unspecified atom stereocenters. The van der Waals surface area contributed by atoms with Gasteiger partial charge in [0.05, 0.1) is 30.0 Å². The van der Waals surface area contributed by atoms with Crippen LogP contribution in [0.5, 0.6) is 0 Å². The zero-order valence-electron chi connectivity index (χ0n) is 18.4. The summed E-state index contributed by atoms with van der Waals surface area (Å²) in [6.45, 7) is 3.01. The molecule has 0 bridgehead atoms. The highest BCUT2D eigenvalue weighted by molar-refractivity contribution is 6.11. The summed E-state index contributed by atoms with van der Waals surface area (Å²) in [5.74, 6) is -0.125. The molecule has 0 saturated carbocycles. The van der Waals surface area contributed by atoms with Crippen molar-refractivity contribution in [1.29, 1.82) is 0 Å². The third-order valence-corrected chi connectivity index (χ3v) is 5.77. The topological polar surface area (TPSA) is 83.1 Å². The molecule has 174 valence electrons. The number of nitrogens with one attached hydrogen (secondary N) is 2. The second-order valence-electron chi connectivity index (χ2n) is 8.08. The van der Waals surface area contributed by atoms with Crippen LogP contribution in [0.4, 0.5) is 14.6 Å². The van der Waals surface area contributed by atoms with Crippen molar-refractivity contribution in [3.63, 3.8) is 0 Å². The Morgan fingerprint density at radius 1 is 1.09 bits per heavy atom. The molecule has 1 saturated heterocycles. The standard InChI is InChI=1S/C25H23F2N5O2/c26-14-16-7-8-17(27)13-20(16)24-29-21-5-2-4-19(23(21)31-24)25(33)30-22-6-1-3-18(28-22)15-32-9-11-34-12-10-32/h1-8,13H,9-12,14-15H2,(H,29,31)(H,28,30,33). The lowest BCUT2D eigenvalue weighted by atomic mass is 10.1. The third kappa shape index (κ3) is 4.66. The maximum atomic E-state index is 13.8. The third-order valence-electron chi connectivity index (χ3n) is 5.77. The number of aromatic amines is 1. The summed E-state index contributed by atoms with van der Waals surface area (Å²) >= 11 is 0. The minimum Gasteiger partial charge on any atom is -0.379 e. The van der Waals surface area contributed by atoms with E-state index in [4.69, 9.17) is 4.74 Å². The number of H-pyrrole nitrogens is 1. The van der Waals surface area contributed by atoms with Crippen LogP contribution >= 0.6 is 0 Å². The van der Waals surface area contributed by atoms with E-state index >= 15 is 0 Å². The van der Waals surface area contributed by atoms with Crippen LogP contribution in [0.1, 0.15) is 21.6 Å². The number of carbonyl (C=O) groups is 1. The van der Waals surface area contributed by atoms with Crippen molar-refractivity contribution in [1.82, 2.24) is 19.9 Å². The molecule has 7 nitrogen and oxygen atoms in total. The fraction of sp³-hybridized carbons (Fsp3) is 0.240. The number of hydrogen-bond donors (Lipinski definition) is 2. The van der Waals surface area contributed by atoms with Gasteiger partial charge in [0.25, 0.3) is 5.91 Å². The predicted molar refractivity (Wildman–Crippen MR) is 125 cm³/mol. The maximum Gasteiger partial charge on any atom is 0.259 e. The first kappa shape index (κ1) is 22.1. The normalized spacial score (nSPS) is 14.4. The van der Waals surface area contributed by atoms with Gasteiger partial charge in [-0.25, -0.2) is 18.7 Å². The van der Waals surface area contributed by atoms with Crippen LogP contribution in [0, 0.1) is 5.82 Å². The van der Waals surface area contributed by atoms with Gasteiger partial charge in [0.15, 0.2) is 0 Å². The summed E-state index contributed by atoms with van der Waals surface area (Å²) < 4.78 is 32.6. The SMILES string of the molecule is O=C(Nc1cccc(CN2CCOCC2)n1)c1cccc2[nH]c(-c3cc(F)ccc3CF)nc12. The smallest absolute Gasteiger partial charge is 0.259 e. The summed E-state index contributed by atoms with van der Waals surface area (Å²) in [5.41, 5.74) is 2.82. The Bertz CT molecular complexity index is 1330. The van der Waals surface area contributed by atoms with Gasteiger partial charge in [-0.2, -0.15) is 0 Å². The van der Waals surface area contributed by atoms with Crippen molar-refractivity contribution in [3.05, 3.63) is 77.2 Å². The van der Waals surface area contributed by atoms with E-state index in [1.807, 2.05) is 12.1 Å². The minimum absolute atomic E-state index is 0.299. The van der Waals surface area contributed by atoms with E-state index < -0.39 is 12.5 Å². The van der Waals surface area contributed by atoms with E-state index in [2.05, 4.69) is 25.2 Å². The van der Waals surface area contributed by atoms with E-state index in [-0.39, 0.29) is 5.91 Å². The molecule has 2 aromatic heterocycles. The molecule has 1 amide bonds. The number of amides is 1. The van der Waals surface area contributed by atoms with E-state index in [0.717, 1.165) is 18.8 Å². The molecule has 1 aliphatic rings. The second-order valence-corrected chi connectivity index (χ2v) is 8.08. The number of para-hydroxylation sites is 1. The summed E-state index contributed by atoms with van der Waals surface area (Å²) in [4.78, 5) is 27.5. The highest BCUT2D eigenvalue weighted by Crippen LogP contribution is 2.27. The van der Waals surface area contributed by atoms with Gasteiger partial charge in [0.1, 0.15) is 29.7 Å². The molecule has 0 radical (unpaired) electrons. The van der Waals surface area contributed by atoms with Gasteiger partial charge in [-0.15, -0.1) is 0 Å². The fourth-order valence-corrected chi connectivity index (χ4v) is 4.04. The summed E-state index contributed by atoms with van der Waals surface area (Å²) in [7, 11) is 0. The van der Waals surface area contributed by atoms with Gasteiger partial charge in [0.2, 0.25) is 0 Å². The van der Waals surface area contributed by atoms with Crippen molar-refractivity contribution >= 4 is 22.8 Å². The average Bonchev–Trinajstić information content (AvgIpc) is 3.29. The van der Waals surface area contributed by atoms with Crippen LogP contribution in [0.2, 0.25) is 0 Å². The van der Waals surface area contributed by atoms with Gasteiger partial charge in [0, 0.05) is 25.2 Å². The number of anilines is 1. The first-order chi connectivity index (χ1) is 16.6. The molecule has 2 aromatic carbocycles. The number of aromatic nitrogens is 3. The molecular weight excluding hydrogens is 440 g/mol. The van der Waals surface area contributed by atoms with Crippen LogP contribution in [-0.4, -0.2) is 52.1 Å². The Kier molecular flexibility index (Phi) is 6.29. The van der Waals surface area contributed by atoms with Crippen molar-refractivity contribution in [2.24, 2.45) is 0 Å². The Labute approximate surface area is 194 Å². The fourth-order valence-electron chi connectivity index (χ4n) is 4.04. The minimum atomic E-state index is -0.757. The zero-order valence-corrected chi connectivity index (χ0v) is 18.4. The van der Waals surface area contributed by atoms with Crippen molar-refractivity contribution in [3.8, 4) is 11.4 Å². The zero-order chi connectivity index (χ0) is 23.5. The molecule has 3 heterocycles. The summed E-state index contributed by atoms with van der Waals surface area (Å²) in [5, 5.41) is 2.84. The van der Waals surface area contributed by atoms with Crippen LogP contribution in [0.3, 0.4) is 0 Å². The number of nitrogens with zero attached hydrogens (tertiary/aromatic N) is 3. The average molecular weight is 463 g/mol. The van der Waals surface area contributed by atoms with Crippen molar-refractivity contribution in [2.75, 3.05) is 31.6 Å². The van der Waals surface area contributed by atoms with Gasteiger partial charge in [-0.3, -0.25) is 9.69 Å². The van der Waals surface area contributed by atoms with E-state index in [1.54, 1.807) is 24.3 Å². The Balaban J connectivity index is 1.40. The van der Waals surface area contributed by atoms with Crippen molar-refractivity contribution < 1.29 is 18.3 Å². The quantitative estimate of drug-likeness (QED) is 0.445. The van der Waals surface area contributed by atoms with Crippen LogP contribution in [0.25, 0.3) is 22.4 Å². The predicted octanol–water partition coefficient (Wildman–Crippen LogP) is 4.32. The number of benzene rings is 2. The largest absolute Gasteiger partial charge is 0.379 e. The van der Waals surface area contributed by atoms with Gasteiger partial charge in [-0.05, 0) is 42.0 Å². The molecule has 0 spiro atoms. The summed E-state index contributed by atoms with van der Waals surface area (Å²) in [6.07, 6.45) is 0. The lowest BCUT2D eigenvalue weighted by Gasteiger charge is -2.26. The molecule has 4 aromatic rings. The Hall–Kier alpha value is -3.69. The number of ether oxygens (including phenoxy) is 1. The lowest BCUT2D eigenvalue weighted by Crippen LogP contribution is -2.35. The van der Waals surface area contributed by atoms with Crippen LogP contribution in [-0.2, 0) is 18.0 Å². The first-order valence-corrected chi connectivity index (χ1v) is 11.0.